The van der Waals surface area contributed by atoms with Crippen LogP contribution in [0.25, 0.3) is 11.0 Å². The molecular weight excluding hydrogens is 319 g/mol. The molecule has 0 aliphatic heterocycles. The predicted molar refractivity (Wildman–Crippen MR) is 95.3 cm³/mol. The van der Waals surface area contributed by atoms with Gasteiger partial charge in [-0.1, -0.05) is 37.3 Å². The molecule has 0 radical (unpaired) electrons. The first-order chi connectivity index (χ1) is 12.0. The maximum Gasteiger partial charge on any atom is 0.224 e. The topological polar surface area (TPSA) is 83.8 Å². The molecule has 3 aromatic rings. The number of carbonyl (C=O) groups excluding carboxylic acids is 1. The number of H-pyrrole nitrogens is 1. The van der Waals surface area contributed by atoms with Crippen molar-refractivity contribution in [1.29, 1.82) is 0 Å². The maximum absolute atomic E-state index is 13.2. The number of rotatable bonds is 6. The molecule has 2 unspecified atom stereocenters. The molecule has 25 heavy (non-hydrogen) atoms. The van der Waals surface area contributed by atoms with Crippen molar-refractivity contribution in [2.75, 3.05) is 6.54 Å². The second kappa shape index (κ2) is 7.44. The Morgan fingerprint density at radius 2 is 2.04 bits per heavy atom. The van der Waals surface area contributed by atoms with Crippen LogP contribution >= 0.6 is 0 Å². The summed E-state index contributed by atoms with van der Waals surface area (Å²) >= 11 is 0. The SMILES string of the molecule is CC(C(=O)NCCc1nc2ccc(F)cc2[nH]1)C(N)c1ccccc1. The van der Waals surface area contributed by atoms with Gasteiger partial charge in [0.15, 0.2) is 0 Å². The Balaban J connectivity index is 1.54. The normalized spacial score (nSPS) is 13.6. The molecule has 0 saturated carbocycles. The van der Waals surface area contributed by atoms with Crippen LogP contribution in [0.4, 0.5) is 4.39 Å². The number of nitrogens with zero attached hydrogens (tertiary/aromatic N) is 1. The number of nitrogens with two attached hydrogens (primary N) is 1. The first-order valence-corrected chi connectivity index (χ1v) is 8.27. The summed E-state index contributed by atoms with van der Waals surface area (Å²) in [6.07, 6.45) is 0.537. The predicted octanol–water partition coefficient (Wildman–Crippen LogP) is 2.70. The fourth-order valence-electron chi connectivity index (χ4n) is 2.75. The van der Waals surface area contributed by atoms with Crippen LogP contribution < -0.4 is 11.1 Å². The van der Waals surface area contributed by atoms with E-state index in [1.54, 1.807) is 6.07 Å². The molecule has 1 aromatic heterocycles. The number of fused-ring (bicyclic) bond motifs is 1. The Kier molecular flexibility index (Phi) is 5.09. The second-order valence-corrected chi connectivity index (χ2v) is 6.11. The standard InChI is InChI=1S/C19H21FN4O/c1-12(18(21)13-5-3-2-4-6-13)19(25)22-10-9-17-23-15-8-7-14(20)11-16(15)24-17/h2-8,11-12,18H,9-10,21H2,1H3,(H,22,25)(H,23,24). The largest absolute Gasteiger partial charge is 0.355 e. The summed E-state index contributed by atoms with van der Waals surface area (Å²) in [4.78, 5) is 19.7. The van der Waals surface area contributed by atoms with Gasteiger partial charge < -0.3 is 16.0 Å². The Morgan fingerprint density at radius 3 is 2.80 bits per heavy atom. The van der Waals surface area contributed by atoms with E-state index in [0.29, 0.717) is 29.8 Å². The number of carbonyl (C=O) groups is 1. The molecule has 5 nitrogen and oxygen atoms in total. The van der Waals surface area contributed by atoms with Gasteiger partial charge in [0.05, 0.1) is 17.0 Å². The summed E-state index contributed by atoms with van der Waals surface area (Å²) in [5.41, 5.74) is 8.47. The number of halogens is 1. The lowest BCUT2D eigenvalue weighted by Crippen LogP contribution is -2.36. The van der Waals surface area contributed by atoms with Crippen LogP contribution in [0.2, 0.25) is 0 Å². The van der Waals surface area contributed by atoms with Crippen molar-refractivity contribution in [2.45, 2.75) is 19.4 Å². The van der Waals surface area contributed by atoms with Crippen LogP contribution in [-0.4, -0.2) is 22.4 Å². The number of aromatic nitrogens is 2. The quantitative estimate of drug-likeness (QED) is 0.645. The zero-order chi connectivity index (χ0) is 17.8. The van der Waals surface area contributed by atoms with Crippen LogP contribution in [0.3, 0.4) is 0 Å². The van der Waals surface area contributed by atoms with Crippen LogP contribution in [-0.2, 0) is 11.2 Å². The highest BCUT2D eigenvalue weighted by molar-refractivity contribution is 5.79. The molecule has 1 amide bonds. The molecule has 0 aliphatic rings. The van der Waals surface area contributed by atoms with E-state index in [9.17, 15) is 9.18 Å². The third-order valence-electron chi connectivity index (χ3n) is 4.29. The van der Waals surface area contributed by atoms with Crippen molar-refractivity contribution in [3.05, 3.63) is 65.7 Å². The Bertz CT molecular complexity index is 862. The number of hydrogen-bond acceptors (Lipinski definition) is 3. The minimum absolute atomic E-state index is 0.0986. The molecule has 0 spiro atoms. The third kappa shape index (κ3) is 4.03. The van der Waals surface area contributed by atoms with Crippen LogP contribution in [0.5, 0.6) is 0 Å². The monoisotopic (exact) mass is 340 g/mol. The smallest absolute Gasteiger partial charge is 0.224 e. The lowest BCUT2D eigenvalue weighted by Gasteiger charge is -2.19. The first kappa shape index (κ1) is 17.1. The molecule has 6 heteroatoms. The number of aromatic amines is 1. The molecule has 0 bridgehead atoms. The lowest BCUT2D eigenvalue weighted by atomic mass is 9.95. The van der Waals surface area contributed by atoms with Gasteiger partial charge >= 0.3 is 0 Å². The summed E-state index contributed by atoms with van der Waals surface area (Å²) in [6, 6.07) is 13.6. The number of benzene rings is 2. The van der Waals surface area contributed by atoms with Crippen LogP contribution in [0.15, 0.2) is 48.5 Å². The van der Waals surface area contributed by atoms with Crippen molar-refractivity contribution < 1.29 is 9.18 Å². The molecule has 1 heterocycles. The minimum Gasteiger partial charge on any atom is -0.355 e. The Hall–Kier alpha value is -2.73. The fraction of sp³-hybridized carbons (Fsp3) is 0.263. The van der Waals surface area contributed by atoms with Crippen molar-refractivity contribution in [3.8, 4) is 0 Å². The maximum atomic E-state index is 13.2. The van der Waals surface area contributed by atoms with E-state index in [-0.39, 0.29) is 23.7 Å². The van der Waals surface area contributed by atoms with Crippen LogP contribution in [0.1, 0.15) is 24.4 Å². The van der Waals surface area contributed by atoms with E-state index >= 15 is 0 Å². The first-order valence-electron chi connectivity index (χ1n) is 8.27. The Morgan fingerprint density at radius 1 is 1.28 bits per heavy atom. The molecule has 130 valence electrons. The fourth-order valence-corrected chi connectivity index (χ4v) is 2.75. The molecule has 2 aromatic carbocycles. The van der Waals surface area contributed by atoms with Gasteiger partial charge in [-0.05, 0) is 23.8 Å². The van der Waals surface area contributed by atoms with E-state index in [0.717, 1.165) is 5.56 Å². The van der Waals surface area contributed by atoms with Gasteiger partial charge in [0.1, 0.15) is 11.6 Å². The number of hydrogen-bond donors (Lipinski definition) is 3. The average molecular weight is 340 g/mol. The number of amides is 1. The number of nitrogens with one attached hydrogen (secondary N) is 2. The molecule has 0 aliphatic carbocycles. The number of imidazole rings is 1. The third-order valence-corrected chi connectivity index (χ3v) is 4.29. The van der Waals surface area contributed by atoms with Gasteiger partial charge in [-0.15, -0.1) is 0 Å². The van der Waals surface area contributed by atoms with Crippen molar-refractivity contribution in [3.63, 3.8) is 0 Å². The van der Waals surface area contributed by atoms with Crippen LogP contribution in [0, 0.1) is 11.7 Å². The Labute approximate surface area is 145 Å². The lowest BCUT2D eigenvalue weighted by molar-refractivity contribution is -0.125. The van der Waals surface area contributed by atoms with E-state index < -0.39 is 0 Å². The van der Waals surface area contributed by atoms with E-state index in [2.05, 4.69) is 15.3 Å². The van der Waals surface area contributed by atoms with Gasteiger partial charge in [0.25, 0.3) is 0 Å². The summed E-state index contributed by atoms with van der Waals surface area (Å²) < 4.78 is 13.2. The molecule has 0 fully saturated rings. The molecule has 4 N–H and O–H groups in total. The van der Waals surface area contributed by atoms with Gasteiger partial charge in [-0.25, -0.2) is 9.37 Å². The zero-order valence-corrected chi connectivity index (χ0v) is 14.0. The van der Waals surface area contributed by atoms with Crippen molar-refractivity contribution >= 4 is 16.9 Å². The van der Waals surface area contributed by atoms with Crippen molar-refractivity contribution in [1.82, 2.24) is 15.3 Å². The van der Waals surface area contributed by atoms with E-state index in [4.69, 9.17) is 5.73 Å². The van der Waals surface area contributed by atoms with Gasteiger partial charge in [-0.3, -0.25) is 4.79 Å². The van der Waals surface area contributed by atoms with Gasteiger partial charge in [-0.2, -0.15) is 0 Å². The highest BCUT2D eigenvalue weighted by atomic mass is 19.1. The van der Waals surface area contributed by atoms with E-state index in [1.165, 1.54) is 12.1 Å². The molecule has 0 saturated heterocycles. The zero-order valence-electron chi connectivity index (χ0n) is 14.0. The second-order valence-electron chi connectivity index (χ2n) is 6.11. The summed E-state index contributed by atoms with van der Waals surface area (Å²) in [5.74, 6) is -0.0358. The van der Waals surface area contributed by atoms with Gasteiger partial charge in [0.2, 0.25) is 5.91 Å². The molecular formula is C19H21FN4O. The highest BCUT2D eigenvalue weighted by Crippen LogP contribution is 2.19. The highest BCUT2D eigenvalue weighted by Gasteiger charge is 2.21. The summed E-state index contributed by atoms with van der Waals surface area (Å²) in [6.45, 7) is 2.25. The molecule has 3 rings (SSSR count). The summed E-state index contributed by atoms with van der Waals surface area (Å²) in [5, 5.41) is 2.88. The summed E-state index contributed by atoms with van der Waals surface area (Å²) in [7, 11) is 0. The average Bonchev–Trinajstić information content (AvgIpc) is 3.02. The molecule has 2 atom stereocenters. The van der Waals surface area contributed by atoms with Crippen molar-refractivity contribution in [2.24, 2.45) is 11.7 Å². The van der Waals surface area contributed by atoms with Gasteiger partial charge in [0, 0.05) is 19.0 Å². The van der Waals surface area contributed by atoms with E-state index in [1.807, 2.05) is 37.3 Å². The minimum atomic E-state index is -0.352.